The molecule has 3 heterocycles. The Kier molecular flexibility index (Phi) is 6.25. The molecule has 0 aliphatic carbocycles. The Labute approximate surface area is 188 Å². The molecule has 1 aliphatic heterocycles. The van der Waals surface area contributed by atoms with Crippen LogP contribution in [0, 0.1) is 13.8 Å². The summed E-state index contributed by atoms with van der Waals surface area (Å²) in [5.41, 5.74) is 5.03. The molecular weight excluding hydrogens is 408 g/mol. The number of nitrogens with zero attached hydrogens (tertiary/aromatic N) is 3. The van der Waals surface area contributed by atoms with Gasteiger partial charge < -0.3 is 24.6 Å². The van der Waals surface area contributed by atoms with Crippen molar-refractivity contribution in [3.05, 3.63) is 77.4 Å². The Morgan fingerprint density at radius 1 is 1.16 bits per heavy atom. The Morgan fingerprint density at radius 2 is 1.94 bits per heavy atom. The van der Waals surface area contributed by atoms with Gasteiger partial charge in [-0.25, -0.2) is 0 Å². The second-order valence-corrected chi connectivity index (χ2v) is 8.20. The Bertz CT molecular complexity index is 1070. The molecule has 4 rings (SSSR count). The molecule has 2 aromatic heterocycles. The number of hydrogen-bond acceptors (Lipinski definition) is 4. The van der Waals surface area contributed by atoms with Crippen LogP contribution in [0.2, 0.25) is 0 Å². The number of para-hydroxylation sites is 2. The van der Waals surface area contributed by atoms with E-state index in [9.17, 15) is 5.11 Å². The molecule has 0 bridgehead atoms. The maximum atomic E-state index is 10.5. The van der Waals surface area contributed by atoms with Crippen LogP contribution in [0.4, 0.5) is 0 Å². The summed E-state index contributed by atoms with van der Waals surface area (Å²) in [6.45, 7) is 5.62. The lowest BCUT2D eigenvalue weighted by Crippen LogP contribution is -2.31. The first kappa shape index (κ1) is 21.3. The largest absolute Gasteiger partial charge is 0.506 e. The number of thiocarbonyl (C=S) groups is 1. The number of hydrogen-bond donors (Lipinski definition) is 2. The van der Waals surface area contributed by atoms with Gasteiger partial charge in [0, 0.05) is 37.8 Å². The molecule has 0 amide bonds. The van der Waals surface area contributed by atoms with E-state index in [-0.39, 0.29) is 17.8 Å². The molecule has 2 atom stereocenters. The number of nitrogens with one attached hydrogen (secondary N) is 1. The van der Waals surface area contributed by atoms with Crippen molar-refractivity contribution < 1.29 is 9.84 Å². The van der Waals surface area contributed by atoms with Crippen molar-refractivity contribution in [1.82, 2.24) is 19.8 Å². The van der Waals surface area contributed by atoms with Crippen LogP contribution in [-0.4, -0.2) is 44.9 Å². The average Bonchev–Trinajstić information content (AvgIpc) is 3.25. The van der Waals surface area contributed by atoms with E-state index in [0.717, 1.165) is 40.8 Å². The number of rotatable bonds is 7. The van der Waals surface area contributed by atoms with E-state index in [4.69, 9.17) is 17.0 Å². The second kappa shape index (κ2) is 9.08. The zero-order chi connectivity index (χ0) is 22.0. The van der Waals surface area contributed by atoms with Crippen molar-refractivity contribution in [2.24, 2.45) is 0 Å². The van der Waals surface area contributed by atoms with E-state index in [0.29, 0.717) is 6.61 Å². The van der Waals surface area contributed by atoms with Crippen LogP contribution in [0.15, 0.2) is 54.7 Å². The number of methoxy groups -OCH3 is 1. The average molecular weight is 437 g/mol. The minimum atomic E-state index is -0.0606. The molecule has 7 heteroatoms. The SMILES string of the molecule is COCCCN1C(=S)N[C@@H](c2ccccn2)[C@H]1c1cc(C)n(-c2ccccc2O)c1C. The monoisotopic (exact) mass is 436 g/mol. The number of phenolic OH excluding ortho intramolecular Hbond substituents is 1. The number of aryl methyl sites for hydroxylation is 1. The zero-order valence-corrected chi connectivity index (χ0v) is 18.9. The molecule has 1 saturated heterocycles. The van der Waals surface area contributed by atoms with Crippen molar-refractivity contribution in [2.75, 3.05) is 20.3 Å². The maximum Gasteiger partial charge on any atom is 0.170 e. The third-order valence-electron chi connectivity index (χ3n) is 5.86. The molecule has 6 nitrogen and oxygen atoms in total. The molecule has 0 saturated carbocycles. The van der Waals surface area contributed by atoms with Crippen LogP contribution in [-0.2, 0) is 4.74 Å². The van der Waals surface area contributed by atoms with Crippen LogP contribution in [0.25, 0.3) is 5.69 Å². The first-order valence-corrected chi connectivity index (χ1v) is 10.9. The Hall–Kier alpha value is -2.90. The Balaban J connectivity index is 1.80. The lowest BCUT2D eigenvalue weighted by Gasteiger charge is -2.28. The summed E-state index contributed by atoms with van der Waals surface area (Å²) < 4.78 is 7.38. The molecule has 1 aliphatic rings. The quantitative estimate of drug-likeness (QED) is 0.428. The van der Waals surface area contributed by atoms with Crippen LogP contribution in [0.1, 0.15) is 41.1 Å². The standard InChI is InChI=1S/C24H28N4O2S/c1-16-15-18(17(2)28(16)20-10-4-5-11-21(20)29)23-22(19-9-6-7-12-25-19)26-24(31)27(23)13-8-14-30-3/h4-7,9-12,15,22-23,29H,8,13-14H2,1-3H3,(H,26,31)/t22-,23+/m0/s1. The third-order valence-corrected chi connectivity index (χ3v) is 6.21. The van der Waals surface area contributed by atoms with Gasteiger partial charge in [0.25, 0.3) is 0 Å². The highest BCUT2D eigenvalue weighted by molar-refractivity contribution is 7.80. The normalized spacial score (nSPS) is 18.4. The molecule has 0 spiro atoms. The highest BCUT2D eigenvalue weighted by atomic mass is 32.1. The Morgan fingerprint density at radius 3 is 2.65 bits per heavy atom. The number of pyridine rings is 1. The number of ether oxygens (including phenoxy) is 1. The summed E-state index contributed by atoms with van der Waals surface area (Å²) in [6.07, 6.45) is 2.69. The topological polar surface area (TPSA) is 62.5 Å². The predicted octanol–water partition coefficient (Wildman–Crippen LogP) is 4.20. The van der Waals surface area contributed by atoms with Crippen LogP contribution in [0.5, 0.6) is 5.75 Å². The summed E-state index contributed by atoms with van der Waals surface area (Å²) in [4.78, 5) is 6.85. The highest BCUT2D eigenvalue weighted by Crippen LogP contribution is 2.41. The van der Waals surface area contributed by atoms with Crippen molar-refractivity contribution in [2.45, 2.75) is 32.4 Å². The van der Waals surface area contributed by atoms with E-state index in [2.05, 4.69) is 39.7 Å². The molecule has 2 N–H and O–H groups in total. The maximum absolute atomic E-state index is 10.5. The van der Waals surface area contributed by atoms with Gasteiger partial charge in [-0.2, -0.15) is 0 Å². The summed E-state index contributed by atoms with van der Waals surface area (Å²) in [5, 5.41) is 14.7. The van der Waals surface area contributed by atoms with Gasteiger partial charge in [-0.3, -0.25) is 4.98 Å². The first-order valence-electron chi connectivity index (χ1n) is 10.5. The van der Waals surface area contributed by atoms with Crippen molar-refractivity contribution in [1.29, 1.82) is 0 Å². The van der Waals surface area contributed by atoms with Gasteiger partial charge in [-0.05, 0) is 68.4 Å². The van der Waals surface area contributed by atoms with Gasteiger partial charge in [0.05, 0.1) is 23.5 Å². The predicted molar refractivity (Wildman–Crippen MR) is 126 cm³/mol. The van der Waals surface area contributed by atoms with Gasteiger partial charge >= 0.3 is 0 Å². The number of aromatic nitrogens is 2. The van der Waals surface area contributed by atoms with Gasteiger partial charge in [-0.15, -0.1) is 0 Å². The summed E-state index contributed by atoms with van der Waals surface area (Å²) >= 11 is 5.74. The minimum absolute atomic E-state index is 0.00920. The molecule has 1 fully saturated rings. The van der Waals surface area contributed by atoms with Crippen LogP contribution < -0.4 is 5.32 Å². The zero-order valence-electron chi connectivity index (χ0n) is 18.1. The fourth-order valence-corrected chi connectivity index (χ4v) is 4.81. The van der Waals surface area contributed by atoms with Gasteiger partial charge in [0.1, 0.15) is 5.75 Å². The smallest absolute Gasteiger partial charge is 0.170 e. The fraction of sp³-hybridized carbons (Fsp3) is 0.333. The fourth-order valence-electron chi connectivity index (χ4n) is 4.48. The van der Waals surface area contributed by atoms with E-state index in [1.54, 1.807) is 13.2 Å². The highest BCUT2D eigenvalue weighted by Gasteiger charge is 2.41. The first-order chi connectivity index (χ1) is 15.0. The van der Waals surface area contributed by atoms with Crippen molar-refractivity contribution in [3.8, 4) is 11.4 Å². The lowest BCUT2D eigenvalue weighted by atomic mass is 9.96. The molecule has 0 radical (unpaired) electrons. The van der Waals surface area contributed by atoms with Gasteiger partial charge in [-0.1, -0.05) is 18.2 Å². The third kappa shape index (κ3) is 4.03. The van der Waals surface area contributed by atoms with E-state index in [1.165, 1.54) is 5.56 Å². The molecule has 162 valence electrons. The van der Waals surface area contributed by atoms with E-state index >= 15 is 0 Å². The number of benzene rings is 1. The van der Waals surface area contributed by atoms with Gasteiger partial charge in [0.2, 0.25) is 0 Å². The molecular formula is C24H28N4O2S. The molecule has 31 heavy (non-hydrogen) atoms. The van der Waals surface area contributed by atoms with Gasteiger partial charge in [0.15, 0.2) is 5.11 Å². The molecule has 1 aromatic carbocycles. The van der Waals surface area contributed by atoms with Crippen molar-refractivity contribution in [3.63, 3.8) is 0 Å². The van der Waals surface area contributed by atoms with Crippen LogP contribution in [0.3, 0.4) is 0 Å². The minimum Gasteiger partial charge on any atom is -0.506 e. The second-order valence-electron chi connectivity index (χ2n) is 7.82. The summed E-state index contributed by atoms with van der Waals surface area (Å²) in [5.74, 6) is 0.258. The number of aromatic hydroxyl groups is 1. The van der Waals surface area contributed by atoms with E-state index < -0.39 is 0 Å². The van der Waals surface area contributed by atoms with E-state index in [1.807, 2.05) is 42.6 Å². The lowest BCUT2D eigenvalue weighted by molar-refractivity contribution is 0.180. The van der Waals surface area contributed by atoms with Crippen LogP contribution >= 0.6 is 12.2 Å². The molecule has 0 unspecified atom stereocenters. The van der Waals surface area contributed by atoms with Crippen molar-refractivity contribution >= 4 is 17.3 Å². The summed E-state index contributed by atoms with van der Waals surface area (Å²) in [7, 11) is 1.72. The number of phenols is 1. The summed E-state index contributed by atoms with van der Waals surface area (Å²) in [6, 6.07) is 15.5. The molecule has 3 aromatic rings.